The van der Waals surface area contributed by atoms with Crippen LogP contribution in [0.15, 0.2) is 27.7 Å². The molecule has 9 heteroatoms. The lowest BCUT2D eigenvalue weighted by Gasteiger charge is -2.18. The molecule has 1 aliphatic rings. The molecule has 0 aromatic carbocycles. The van der Waals surface area contributed by atoms with Crippen molar-refractivity contribution < 1.29 is 17.7 Å². The summed E-state index contributed by atoms with van der Waals surface area (Å²) < 4.78 is 31.9. The average Bonchev–Trinajstić information content (AvgIpc) is 3.06. The van der Waals surface area contributed by atoms with Crippen LogP contribution < -0.4 is 5.32 Å². The summed E-state index contributed by atoms with van der Waals surface area (Å²) in [6, 6.07) is 3.26. The van der Waals surface area contributed by atoms with Gasteiger partial charge in [0.15, 0.2) is 5.76 Å². The minimum absolute atomic E-state index is 0.144. The van der Waals surface area contributed by atoms with Crippen molar-refractivity contribution in [2.24, 2.45) is 0 Å². The van der Waals surface area contributed by atoms with E-state index < -0.39 is 10.0 Å². The molecule has 0 saturated carbocycles. The third-order valence-electron chi connectivity index (χ3n) is 3.40. The van der Waals surface area contributed by atoms with Crippen molar-refractivity contribution >= 4 is 27.3 Å². The predicted octanol–water partition coefficient (Wildman–Crippen LogP) is 1.22. The van der Waals surface area contributed by atoms with E-state index in [4.69, 9.17) is 4.52 Å². The molecular weight excluding hydrogens is 326 g/mol. The second-order valence-corrected chi connectivity index (χ2v) is 8.11. The Labute approximate surface area is 132 Å². The van der Waals surface area contributed by atoms with Crippen LogP contribution in [0.2, 0.25) is 0 Å². The summed E-state index contributed by atoms with van der Waals surface area (Å²) in [6.45, 7) is 2.43. The van der Waals surface area contributed by atoms with Crippen LogP contribution in [0.3, 0.4) is 0 Å². The molecule has 22 heavy (non-hydrogen) atoms. The fourth-order valence-corrected chi connectivity index (χ4v) is 5.26. The van der Waals surface area contributed by atoms with E-state index in [0.717, 1.165) is 0 Å². The van der Waals surface area contributed by atoms with Gasteiger partial charge < -0.3 is 9.84 Å². The third kappa shape index (κ3) is 2.79. The van der Waals surface area contributed by atoms with Gasteiger partial charge in [0.25, 0.3) is 0 Å². The van der Waals surface area contributed by atoms with Crippen molar-refractivity contribution in [1.29, 1.82) is 0 Å². The Hall–Kier alpha value is -1.71. The number of aromatic nitrogens is 1. The Balaban J connectivity index is 1.97. The van der Waals surface area contributed by atoms with E-state index in [9.17, 15) is 13.2 Å². The van der Waals surface area contributed by atoms with Crippen LogP contribution >= 0.6 is 11.3 Å². The Kier molecular flexibility index (Phi) is 4.02. The van der Waals surface area contributed by atoms with Crippen molar-refractivity contribution in [3.05, 3.63) is 23.2 Å². The highest BCUT2D eigenvalue weighted by molar-refractivity contribution is 7.89. The predicted molar refractivity (Wildman–Crippen MR) is 80.9 cm³/mol. The SMILES string of the molecule is Cc1sc(-c2ccno2)cc1S(=O)(=O)N1CCCNC(=O)C1. The number of hydrogen-bond acceptors (Lipinski definition) is 6. The first-order chi connectivity index (χ1) is 10.5. The first-order valence-corrected chi connectivity index (χ1v) is 9.02. The van der Waals surface area contributed by atoms with Gasteiger partial charge in [0.05, 0.1) is 22.5 Å². The largest absolute Gasteiger partial charge is 0.355 e. The van der Waals surface area contributed by atoms with Crippen LogP contribution in [0, 0.1) is 6.92 Å². The topological polar surface area (TPSA) is 92.5 Å². The fraction of sp³-hybridized carbons (Fsp3) is 0.385. The van der Waals surface area contributed by atoms with Gasteiger partial charge in [-0.1, -0.05) is 5.16 Å². The van der Waals surface area contributed by atoms with Gasteiger partial charge in [-0.3, -0.25) is 4.79 Å². The molecule has 2 aromatic rings. The quantitative estimate of drug-likeness (QED) is 0.906. The molecule has 2 aromatic heterocycles. The average molecular weight is 341 g/mol. The molecule has 1 aliphatic heterocycles. The molecule has 1 saturated heterocycles. The maximum absolute atomic E-state index is 12.8. The smallest absolute Gasteiger partial charge is 0.244 e. The van der Waals surface area contributed by atoms with E-state index in [2.05, 4.69) is 10.5 Å². The molecule has 7 nitrogen and oxygen atoms in total. The third-order valence-corrected chi connectivity index (χ3v) is 6.56. The molecule has 0 unspecified atom stereocenters. The minimum Gasteiger partial charge on any atom is -0.355 e. The van der Waals surface area contributed by atoms with E-state index >= 15 is 0 Å². The molecule has 118 valence electrons. The monoisotopic (exact) mass is 341 g/mol. The molecule has 3 rings (SSSR count). The second kappa shape index (κ2) is 5.82. The lowest BCUT2D eigenvalue weighted by atomic mass is 10.3. The Morgan fingerprint density at radius 3 is 3.00 bits per heavy atom. The molecule has 3 heterocycles. The highest BCUT2D eigenvalue weighted by Crippen LogP contribution is 2.34. The van der Waals surface area contributed by atoms with Crippen molar-refractivity contribution in [2.75, 3.05) is 19.6 Å². The maximum Gasteiger partial charge on any atom is 0.244 e. The van der Waals surface area contributed by atoms with Gasteiger partial charge in [-0.25, -0.2) is 8.42 Å². The number of sulfonamides is 1. The van der Waals surface area contributed by atoms with Gasteiger partial charge in [-0.05, 0) is 19.4 Å². The first kappa shape index (κ1) is 15.2. The number of carbonyl (C=O) groups is 1. The molecule has 1 N–H and O–H groups in total. The highest BCUT2D eigenvalue weighted by atomic mass is 32.2. The molecule has 0 spiro atoms. The van der Waals surface area contributed by atoms with E-state index in [1.165, 1.54) is 21.8 Å². The van der Waals surface area contributed by atoms with E-state index in [1.54, 1.807) is 19.1 Å². The number of amides is 1. The molecule has 0 bridgehead atoms. The van der Waals surface area contributed by atoms with E-state index in [1.807, 2.05) is 0 Å². The standard InChI is InChI=1S/C13H15N3O4S2/c1-9-12(7-11(21-9)10-3-5-15-20-10)22(18,19)16-6-2-4-14-13(17)8-16/h3,5,7H,2,4,6,8H2,1H3,(H,14,17). The van der Waals surface area contributed by atoms with Crippen LogP contribution in [0.1, 0.15) is 11.3 Å². The summed E-state index contributed by atoms with van der Waals surface area (Å²) in [4.78, 5) is 13.2. The number of thiophene rings is 1. The van der Waals surface area contributed by atoms with Gasteiger partial charge in [0.2, 0.25) is 15.9 Å². The molecular formula is C13H15N3O4S2. The van der Waals surface area contributed by atoms with E-state index in [0.29, 0.717) is 35.0 Å². The number of aryl methyl sites for hydroxylation is 1. The van der Waals surface area contributed by atoms with Crippen molar-refractivity contribution in [1.82, 2.24) is 14.8 Å². The Bertz CT molecular complexity index is 780. The highest BCUT2D eigenvalue weighted by Gasteiger charge is 2.30. The lowest BCUT2D eigenvalue weighted by Crippen LogP contribution is -2.37. The number of carbonyl (C=O) groups excluding carboxylic acids is 1. The van der Waals surface area contributed by atoms with Crippen LogP contribution in [-0.4, -0.2) is 43.4 Å². The molecule has 0 radical (unpaired) electrons. The number of rotatable bonds is 3. The van der Waals surface area contributed by atoms with Gasteiger partial charge in [0.1, 0.15) is 0 Å². The molecule has 1 fully saturated rings. The van der Waals surface area contributed by atoms with Crippen molar-refractivity contribution in [2.45, 2.75) is 18.2 Å². The number of nitrogens with one attached hydrogen (secondary N) is 1. The number of nitrogens with zero attached hydrogens (tertiary/aromatic N) is 2. The number of hydrogen-bond donors (Lipinski definition) is 1. The van der Waals surface area contributed by atoms with Crippen LogP contribution in [0.4, 0.5) is 0 Å². The summed E-state index contributed by atoms with van der Waals surface area (Å²) in [5.41, 5.74) is 0. The lowest BCUT2D eigenvalue weighted by molar-refractivity contribution is -0.120. The van der Waals surface area contributed by atoms with Crippen LogP contribution in [-0.2, 0) is 14.8 Å². The zero-order valence-electron chi connectivity index (χ0n) is 11.9. The van der Waals surface area contributed by atoms with Gasteiger partial charge in [0, 0.05) is 24.0 Å². The second-order valence-electron chi connectivity index (χ2n) is 4.95. The van der Waals surface area contributed by atoms with Gasteiger partial charge >= 0.3 is 0 Å². The molecule has 1 amide bonds. The van der Waals surface area contributed by atoms with E-state index in [-0.39, 0.29) is 17.3 Å². The van der Waals surface area contributed by atoms with Gasteiger partial charge in [-0.15, -0.1) is 11.3 Å². The Morgan fingerprint density at radius 1 is 1.45 bits per heavy atom. The van der Waals surface area contributed by atoms with Crippen molar-refractivity contribution in [3.63, 3.8) is 0 Å². The first-order valence-electron chi connectivity index (χ1n) is 6.77. The summed E-state index contributed by atoms with van der Waals surface area (Å²) >= 11 is 1.33. The van der Waals surface area contributed by atoms with Crippen LogP contribution in [0.25, 0.3) is 10.6 Å². The molecule has 0 atom stereocenters. The normalized spacial score (nSPS) is 17.2. The summed E-state index contributed by atoms with van der Waals surface area (Å²) in [6.07, 6.45) is 2.11. The fourth-order valence-electron chi connectivity index (χ4n) is 2.31. The maximum atomic E-state index is 12.8. The molecule has 0 aliphatic carbocycles. The van der Waals surface area contributed by atoms with Gasteiger partial charge in [-0.2, -0.15) is 4.31 Å². The zero-order chi connectivity index (χ0) is 15.7. The minimum atomic E-state index is -3.70. The Morgan fingerprint density at radius 2 is 2.27 bits per heavy atom. The van der Waals surface area contributed by atoms with Crippen LogP contribution in [0.5, 0.6) is 0 Å². The summed E-state index contributed by atoms with van der Waals surface area (Å²) in [5, 5.41) is 6.31. The zero-order valence-corrected chi connectivity index (χ0v) is 13.5. The van der Waals surface area contributed by atoms with Crippen molar-refractivity contribution in [3.8, 4) is 10.6 Å². The summed E-state index contributed by atoms with van der Waals surface area (Å²) in [5.74, 6) is 0.257. The summed E-state index contributed by atoms with van der Waals surface area (Å²) in [7, 11) is -3.70.